The Kier molecular flexibility index (Phi) is 5.50. The Morgan fingerprint density at radius 2 is 1.78 bits per heavy atom. The van der Waals surface area contributed by atoms with Crippen molar-refractivity contribution in [1.29, 1.82) is 0 Å². The minimum atomic E-state index is -0.308. The van der Waals surface area contributed by atoms with Crippen LogP contribution in [0.1, 0.15) is 22.5 Å². The minimum Gasteiger partial charge on any atom is -0.338 e. The molecule has 27 heavy (non-hydrogen) atoms. The fraction of sp³-hybridized carbons (Fsp3) is 0.182. The first-order valence-corrected chi connectivity index (χ1v) is 8.75. The molecule has 0 aliphatic rings. The molecule has 0 saturated heterocycles. The minimum absolute atomic E-state index is 0.190. The lowest BCUT2D eigenvalue weighted by Crippen LogP contribution is -2.24. The smallest absolute Gasteiger partial charge is 0.246 e. The van der Waals surface area contributed by atoms with Gasteiger partial charge in [-0.25, -0.2) is 9.07 Å². The predicted molar refractivity (Wildman–Crippen MR) is 105 cm³/mol. The lowest BCUT2D eigenvalue weighted by Gasteiger charge is -2.15. The van der Waals surface area contributed by atoms with Crippen LogP contribution in [0.4, 0.5) is 4.39 Å². The third-order valence-electron chi connectivity index (χ3n) is 4.48. The summed E-state index contributed by atoms with van der Waals surface area (Å²) in [6.07, 6.45) is 3.28. The van der Waals surface area contributed by atoms with Gasteiger partial charge in [-0.2, -0.15) is 5.10 Å². The molecular weight excluding hydrogens is 341 g/mol. The summed E-state index contributed by atoms with van der Waals surface area (Å²) in [6, 6.07) is 16.3. The molecule has 2 aromatic carbocycles. The van der Waals surface area contributed by atoms with Gasteiger partial charge < -0.3 is 4.90 Å². The molecule has 0 spiro atoms. The Morgan fingerprint density at radius 1 is 1.11 bits per heavy atom. The summed E-state index contributed by atoms with van der Waals surface area (Å²) < 4.78 is 15.6. The molecule has 1 heterocycles. The number of hydrogen-bond donors (Lipinski definition) is 0. The number of halogens is 1. The molecule has 0 atom stereocenters. The van der Waals surface area contributed by atoms with E-state index in [4.69, 9.17) is 0 Å². The van der Waals surface area contributed by atoms with E-state index in [2.05, 4.69) is 5.10 Å². The molecule has 0 radical (unpaired) electrons. The number of aromatic nitrogens is 2. The molecule has 3 aromatic rings. The van der Waals surface area contributed by atoms with E-state index in [0.29, 0.717) is 5.56 Å². The maximum absolute atomic E-state index is 13.8. The molecular formula is C22H22FN3O. The Balaban J connectivity index is 1.77. The number of likely N-dealkylation sites (N-methyl/N-ethyl adjacent to an activating group) is 1. The Hall–Kier alpha value is -3.21. The number of amides is 1. The largest absolute Gasteiger partial charge is 0.338 e. The highest BCUT2D eigenvalue weighted by Crippen LogP contribution is 2.19. The highest BCUT2D eigenvalue weighted by molar-refractivity contribution is 5.91. The van der Waals surface area contributed by atoms with E-state index >= 15 is 0 Å². The van der Waals surface area contributed by atoms with Crippen molar-refractivity contribution in [2.24, 2.45) is 0 Å². The van der Waals surface area contributed by atoms with Crippen molar-refractivity contribution in [2.75, 3.05) is 7.05 Å². The second-order valence-electron chi connectivity index (χ2n) is 6.45. The van der Waals surface area contributed by atoms with Crippen LogP contribution in [-0.4, -0.2) is 27.6 Å². The van der Waals surface area contributed by atoms with E-state index in [-0.39, 0.29) is 18.3 Å². The number of carbonyl (C=O) groups excluding carboxylic acids is 1. The van der Waals surface area contributed by atoms with Crippen molar-refractivity contribution in [3.63, 3.8) is 0 Å². The fourth-order valence-electron chi connectivity index (χ4n) is 2.96. The van der Waals surface area contributed by atoms with Crippen LogP contribution in [-0.2, 0) is 11.3 Å². The lowest BCUT2D eigenvalue weighted by molar-refractivity contribution is -0.125. The zero-order chi connectivity index (χ0) is 19.4. The van der Waals surface area contributed by atoms with Gasteiger partial charge in [-0.15, -0.1) is 0 Å². The number of rotatable bonds is 5. The van der Waals surface area contributed by atoms with Crippen LogP contribution in [0.5, 0.6) is 0 Å². The van der Waals surface area contributed by atoms with Gasteiger partial charge in [0, 0.05) is 36.5 Å². The third kappa shape index (κ3) is 4.14. The van der Waals surface area contributed by atoms with E-state index in [0.717, 1.165) is 22.6 Å². The SMILES string of the molecule is Cc1nn(-c2ccccc2)c(C)c1/C=C/C(=O)N(C)Cc1ccccc1F. The fourth-order valence-corrected chi connectivity index (χ4v) is 2.96. The molecule has 4 nitrogen and oxygen atoms in total. The average Bonchev–Trinajstić information content (AvgIpc) is 2.96. The van der Waals surface area contributed by atoms with Gasteiger partial charge in [-0.3, -0.25) is 4.79 Å². The maximum atomic E-state index is 13.8. The van der Waals surface area contributed by atoms with E-state index in [1.807, 2.05) is 48.9 Å². The molecule has 0 fully saturated rings. The van der Waals surface area contributed by atoms with Gasteiger partial charge in [-0.1, -0.05) is 36.4 Å². The molecule has 0 aliphatic heterocycles. The maximum Gasteiger partial charge on any atom is 0.246 e. The molecule has 0 unspecified atom stereocenters. The van der Waals surface area contributed by atoms with Crippen molar-refractivity contribution in [1.82, 2.24) is 14.7 Å². The van der Waals surface area contributed by atoms with Crippen LogP contribution in [0.3, 0.4) is 0 Å². The van der Waals surface area contributed by atoms with Gasteiger partial charge in [0.25, 0.3) is 0 Å². The van der Waals surface area contributed by atoms with Gasteiger partial charge >= 0.3 is 0 Å². The number of benzene rings is 2. The number of para-hydroxylation sites is 1. The third-order valence-corrected chi connectivity index (χ3v) is 4.48. The normalized spacial score (nSPS) is 11.1. The molecule has 3 rings (SSSR count). The summed E-state index contributed by atoms with van der Waals surface area (Å²) in [5, 5.41) is 4.57. The highest BCUT2D eigenvalue weighted by Gasteiger charge is 2.12. The standard InChI is InChI=1S/C22H22FN3O/c1-16-20(17(2)26(24-16)19-10-5-4-6-11-19)13-14-22(27)25(3)15-18-9-7-8-12-21(18)23/h4-14H,15H2,1-3H3/b14-13+. The summed E-state index contributed by atoms with van der Waals surface area (Å²) in [7, 11) is 1.66. The zero-order valence-corrected chi connectivity index (χ0v) is 15.7. The Labute approximate surface area is 158 Å². The molecule has 0 N–H and O–H groups in total. The molecule has 1 aromatic heterocycles. The first-order chi connectivity index (χ1) is 13.0. The van der Waals surface area contributed by atoms with Gasteiger partial charge in [0.15, 0.2) is 0 Å². The lowest BCUT2D eigenvalue weighted by atomic mass is 10.1. The van der Waals surface area contributed by atoms with E-state index < -0.39 is 0 Å². The van der Waals surface area contributed by atoms with Crippen LogP contribution < -0.4 is 0 Å². The van der Waals surface area contributed by atoms with Crippen LogP contribution in [0.25, 0.3) is 11.8 Å². The topological polar surface area (TPSA) is 38.1 Å². The van der Waals surface area contributed by atoms with E-state index in [1.54, 1.807) is 31.3 Å². The van der Waals surface area contributed by atoms with Crippen LogP contribution >= 0.6 is 0 Å². The number of nitrogens with zero attached hydrogens (tertiary/aromatic N) is 3. The first-order valence-electron chi connectivity index (χ1n) is 8.75. The first kappa shape index (κ1) is 18.6. The Morgan fingerprint density at radius 3 is 2.48 bits per heavy atom. The second-order valence-corrected chi connectivity index (χ2v) is 6.45. The molecule has 0 aliphatic carbocycles. The summed E-state index contributed by atoms with van der Waals surface area (Å²) in [6.45, 7) is 4.11. The van der Waals surface area contributed by atoms with Gasteiger partial charge in [0.2, 0.25) is 5.91 Å². The van der Waals surface area contributed by atoms with E-state index in [1.165, 1.54) is 17.0 Å². The van der Waals surface area contributed by atoms with Crippen LogP contribution in [0.2, 0.25) is 0 Å². The van der Waals surface area contributed by atoms with Crippen molar-refractivity contribution >= 4 is 12.0 Å². The van der Waals surface area contributed by atoms with Crippen LogP contribution in [0.15, 0.2) is 60.7 Å². The van der Waals surface area contributed by atoms with E-state index in [9.17, 15) is 9.18 Å². The average molecular weight is 363 g/mol. The predicted octanol–water partition coefficient (Wildman–Crippen LogP) is 4.30. The molecule has 0 bridgehead atoms. The summed E-state index contributed by atoms with van der Waals surface area (Å²) in [4.78, 5) is 13.9. The molecule has 5 heteroatoms. The van der Waals surface area contributed by atoms with Crippen molar-refractivity contribution in [3.05, 3.63) is 89.0 Å². The van der Waals surface area contributed by atoms with Crippen LogP contribution in [0, 0.1) is 19.7 Å². The number of hydrogen-bond acceptors (Lipinski definition) is 2. The highest BCUT2D eigenvalue weighted by atomic mass is 19.1. The van der Waals surface area contributed by atoms with Crippen molar-refractivity contribution < 1.29 is 9.18 Å². The monoisotopic (exact) mass is 363 g/mol. The quantitative estimate of drug-likeness (QED) is 0.634. The molecule has 0 saturated carbocycles. The number of aryl methyl sites for hydroxylation is 1. The summed E-state index contributed by atoms with van der Waals surface area (Å²) in [5.41, 5.74) is 4.18. The Bertz CT molecular complexity index is 976. The number of carbonyl (C=O) groups is 1. The summed E-state index contributed by atoms with van der Waals surface area (Å²) >= 11 is 0. The van der Waals surface area contributed by atoms with Gasteiger partial charge in [0.1, 0.15) is 5.82 Å². The summed E-state index contributed by atoms with van der Waals surface area (Å²) in [5.74, 6) is -0.499. The molecule has 1 amide bonds. The van der Waals surface area contributed by atoms with Crippen molar-refractivity contribution in [2.45, 2.75) is 20.4 Å². The molecule has 138 valence electrons. The van der Waals surface area contributed by atoms with Gasteiger partial charge in [-0.05, 0) is 38.1 Å². The zero-order valence-electron chi connectivity index (χ0n) is 15.7. The second kappa shape index (κ2) is 7.99. The van der Waals surface area contributed by atoms with Crippen molar-refractivity contribution in [3.8, 4) is 5.69 Å². The van der Waals surface area contributed by atoms with Gasteiger partial charge in [0.05, 0.1) is 11.4 Å².